The fourth-order valence-electron chi connectivity index (χ4n) is 4.03. The molecule has 0 bridgehead atoms. The third-order valence-corrected chi connectivity index (χ3v) is 5.79. The number of aromatic nitrogens is 1. The first-order chi connectivity index (χ1) is 16.1. The van der Waals surface area contributed by atoms with Gasteiger partial charge in [0.1, 0.15) is 0 Å². The third-order valence-electron chi connectivity index (χ3n) is 5.79. The van der Waals surface area contributed by atoms with E-state index in [-0.39, 0.29) is 5.91 Å². The Morgan fingerprint density at radius 3 is 2.67 bits per heavy atom. The lowest BCUT2D eigenvalue weighted by Gasteiger charge is -2.22. The van der Waals surface area contributed by atoms with Crippen molar-refractivity contribution in [3.8, 4) is 17.9 Å². The zero-order chi connectivity index (χ0) is 23.0. The number of carbonyl (C=O) groups is 1. The Morgan fingerprint density at radius 1 is 1.09 bits per heavy atom. The van der Waals surface area contributed by atoms with Gasteiger partial charge in [0.25, 0.3) is 5.91 Å². The Kier molecular flexibility index (Phi) is 7.03. The van der Waals surface area contributed by atoms with E-state index in [1.54, 1.807) is 12.3 Å². The number of pyridine rings is 1. The first-order valence-electron chi connectivity index (χ1n) is 11.2. The van der Waals surface area contributed by atoms with Gasteiger partial charge in [-0.05, 0) is 73.4 Å². The normalized spacial score (nSPS) is 12.5. The van der Waals surface area contributed by atoms with Crippen molar-refractivity contribution in [3.05, 3.63) is 94.8 Å². The SMILES string of the molecule is Cc1cc(C#CCN(Cc2cccnc2)c2cccc(C#N)c2)ccc1C(=O)N1CCCC1. The molecule has 0 N–H and O–H groups in total. The molecule has 3 aromatic rings. The lowest BCUT2D eigenvalue weighted by Crippen LogP contribution is -2.28. The quantitative estimate of drug-likeness (QED) is 0.553. The van der Waals surface area contributed by atoms with Crippen molar-refractivity contribution in [2.24, 2.45) is 0 Å². The first kappa shape index (κ1) is 22.1. The number of aryl methyl sites for hydroxylation is 1. The standard InChI is InChI=1S/C28H26N4O/c1-22-17-23(11-12-27(22)28(33)31-14-2-3-15-31)9-6-16-32(21-25-8-5-13-30-20-25)26-10-4-7-24(18-26)19-29/h4-5,7-8,10-13,17-18,20H,2-3,14-16,21H2,1H3. The Labute approximate surface area is 195 Å². The van der Waals surface area contributed by atoms with Gasteiger partial charge in [-0.1, -0.05) is 24.0 Å². The number of amides is 1. The second-order valence-electron chi connectivity index (χ2n) is 8.21. The van der Waals surface area contributed by atoms with Gasteiger partial charge in [0.2, 0.25) is 0 Å². The molecular formula is C28H26N4O. The molecule has 5 heteroatoms. The largest absolute Gasteiger partial charge is 0.356 e. The van der Waals surface area contributed by atoms with Gasteiger partial charge >= 0.3 is 0 Å². The van der Waals surface area contributed by atoms with Gasteiger partial charge in [0.15, 0.2) is 0 Å². The van der Waals surface area contributed by atoms with Gasteiger partial charge in [-0.3, -0.25) is 9.78 Å². The minimum absolute atomic E-state index is 0.115. The fourth-order valence-corrected chi connectivity index (χ4v) is 4.03. The maximum absolute atomic E-state index is 12.7. The number of carbonyl (C=O) groups excluding carboxylic acids is 1. The maximum Gasteiger partial charge on any atom is 0.254 e. The molecule has 2 aromatic carbocycles. The molecule has 0 saturated carbocycles. The van der Waals surface area contributed by atoms with E-state index in [0.717, 1.165) is 53.9 Å². The van der Waals surface area contributed by atoms with Crippen molar-refractivity contribution in [1.82, 2.24) is 9.88 Å². The van der Waals surface area contributed by atoms with Crippen LogP contribution in [0, 0.1) is 30.1 Å². The average Bonchev–Trinajstić information content (AvgIpc) is 3.39. The lowest BCUT2D eigenvalue weighted by atomic mass is 10.0. The van der Waals surface area contributed by atoms with Gasteiger partial charge in [0, 0.05) is 48.8 Å². The summed E-state index contributed by atoms with van der Waals surface area (Å²) in [6.45, 7) is 4.80. The summed E-state index contributed by atoms with van der Waals surface area (Å²) >= 11 is 0. The molecule has 0 aliphatic carbocycles. The summed E-state index contributed by atoms with van der Waals surface area (Å²) in [6, 6.07) is 19.5. The van der Waals surface area contributed by atoms with E-state index in [9.17, 15) is 10.1 Å². The van der Waals surface area contributed by atoms with Crippen molar-refractivity contribution >= 4 is 11.6 Å². The highest BCUT2D eigenvalue weighted by atomic mass is 16.2. The van der Waals surface area contributed by atoms with Gasteiger partial charge in [-0.25, -0.2) is 0 Å². The topological polar surface area (TPSA) is 60.2 Å². The van der Waals surface area contributed by atoms with Crippen molar-refractivity contribution < 1.29 is 4.79 Å². The molecule has 164 valence electrons. The molecule has 0 unspecified atom stereocenters. The summed E-state index contributed by atoms with van der Waals surface area (Å²) in [5.41, 5.74) is 5.22. The zero-order valence-corrected chi connectivity index (χ0v) is 18.8. The predicted molar refractivity (Wildman–Crippen MR) is 130 cm³/mol. The molecule has 0 atom stereocenters. The maximum atomic E-state index is 12.7. The molecule has 0 radical (unpaired) electrons. The van der Waals surface area contributed by atoms with E-state index in [1.165, 1.54) is 0 Å². The Morgan fingerprint density at radius 2 is 1.94 bits per heavy atom. The van der Waals surface area contributed by atoms with E-state index in [4.69, 9.17) is 0 Å². The van der Waals surface area contributed by atoms with Crippen LogP contribution in [0.5, 0.6) is 0 Å². The number of nitriles is 1. The molecule has 1 saturated heterocycles. The average molecular weight is 435 g/mol. The molecule has 1 aliphatic heterocycles. The molecule has 1 amide bonds. The molecule has 1 aromatic heterocycles. The summed E-state index contributed by atoms with van der Waals surface area (Å²) in [6.07, 6.45) is 5.76. The number of hydrogen-bond donors (Lipinski definition) is 0. The van der Waals surface area contributed by atoms with E-state index in [1.807, 2.05) is 66.6 Å². The van der Waals surface area contributed by atoms with Gasteiger partial charge < -0.3 is 9.80 Å². The molecular weight excluding hydrogens is 408 g/mol. The molecule has 4 rings (SSSR count). The second-order valence-corrected chi connectivity index (χ2v) is 8.21. The van der Waals surface area contributed by atoms with Gasteiger partial charge in [0.05, 0.1) is 18.2 Å². The monoisotopic (exact) mass is 434 g/mol. The van der Waals surface area contributed by atoms with E-state index >= 15 is 0 Å². The fraction of sp³-hybridized carbons (Fsp3) is 0.250. The zero-order valence-electron chi connectivity index (χ0n) is 18.8. The van der Waals surface area contributed by atoms with Crippen LogP contribution < -0.4 is 4.90 Å². The van der Waals surface area contributed by atoms with Crippen LogP contribution in [0.2, 0.25) is 0 Å². The summed E-state index contributed by atoms with van der Waals surface area (Å²) in [5.74, 6) is 6.62. The van der Waals surface area contributed by atoms with Crippen LogP contribution >= 0.6 is 0 Å². The van der Waals surface area contributed by atoms with Gasteiger partial charge in [-0.15, -0.1) is 0 Å². The molecule has 0 spiro atoms. The first-order valence-corrected chi connectivity index (χ1v) is 11.2. The van der Waals surface area contributed by atoms with Crippen molar-refractivity contribution in [2.75, 3.05) is 24.5 Å². The molecule has 1 fully saturated rings. The number of hydrogen-bond acceptors (Lipinski definition) is 4. The molecule has 33 heavy (non-hydrogen) atoms. The molecule has 1 aliphatic rings. The number of benzene rings is 2. The highest BCUT2D eigenvalue weighted by Gasteiger charge is 2.20. The number of anilines is 1. The summed E-state index contributed by atoms with van der Waals surface area (Å²) < 4.78 is 0. The summed E-state index contributed by atoms with van der Waals surface area (Å²) in [5, 5.41) is 9.28. The van der Waals surface area contributed by atoms with E-state index in [0.29, 0.717) is 18.7 Å². The molecule has 2 heterocycles. The third kappa shape index (κ3) is 5.59. The summed E-state index contributed by atoms with van der Waals surface area (Å²) in [4.78, 5) is 21.0. The lowest BCUT2D eigenvalue weighted by molar-refractivity contribution is 0.0792. The predicted octanol–water partition coefficient (Wildman–Crippen LogP) is 4.56. The van der Waals surface area contributed by atoms with Crippen LogP contribution in [-0.4, -0.2) is 35.4 Å². The van der Waals surface area contributed by atoms with Crippen molar-refractivity contribution in [1.29, 1.82) is 5.26 Å². The number of nitrogens with zero attached hydrogens (tertiary/aromatic N) is 4. The van der Waals surface area contributed by atoms with Crippen LogP contribution in [0.25, 0.3) is 0 Å². The minimum atomic E-state index is 0.115. The van der Waals surface area contributed by atoms with Crippen LogP contribution in [0.3, 0.4) is 0 Å². The molecule has 5 nitrogen and oxygen atoms in total. The Balaban J connectivity index is 1.52. The van der Waals surface area contributed by atoms with Crippen molar-refractivity contribution in [3.63, 3.8) is 0 Å². The van der Waals surface area contributed by atoms with Crippen LogP contribution in [-0.2, 0) is 6.54 Å². The van der Waals surface area contributed by atoms with Crippen LogP contribution in [0.4, 0.5) is 5.69 Å². The number of rotatable bonds is 5. The van der Waals surface area contributed by atoms with Crippen LogP contribution in [0.15, 0.2) is 67.0 Å². The minimum Gasteiger partial charge on any atom is -0.356 e. The highest BCUT2D eigenvalue weighted by Crippen LogP contribution is 2.19. The van der Waals surface area contributed by atoms with Crippen LogP contribution in [0.1, 0.15) is 45.5 Å². The summed E-state index contributed by atoms with van der Waals surface area (Å²) in [7, 11) is 0. The van der Waals surface area contributed by atoms with E-state index in [2.05, 4.69) is 27.8 Å². The van der Waals surface area contributed by atoms with E-state index < -0.39 is 0 Å². The Hall–Kier alpha value is -4.09. The smallest absolute Gasteiger partial charge is 0.254 e. The highest BCUT2D eigenvalue weighted by molar-refractivity contribution is 5.96. The van der Waals surface area contributed by atoms with Gasteiger partial charge in [-0.2, -0.15) is 5.26 Å². The van der Waals surface area contributed by atoms with Crippen molar-refractivity contribution in [2.45, 2.75) is 26.3 Å². The second kappa shape index (κ2) is 10.5. The Bertz CT molecular complexity index is 1230. The number of likely N-dealkylation sites (tertiary alicyclic amines) is 1.